The minimum atomic E-state index is -0.416. The number of nitrogens with one attached hydrogen (secondary N) is 1. The fraction of sp³-hybridized carbons (Fsp3) is 0.500. The average Bonchev–Trinajstić information content (AvgIpc) is 3.16. The number of piperazine rings is 1. The first-order valence-electron chi connectivity index (χ1n) is 17.9. The normalized spacial score (nSPS) is 21.6. The number of carbonyl (C=O) groups is 2. The second-order valence-corrected chi connectivity index (χ2v) is 15.2. The van der Waals surface area contributed by atoms with Crippen LogP contribution < -0.4 is 24.6 Å². The van der Waals surface area contributed by atoms with Crippen LogP contribution >= 0.6 is 0 Å². The lowest BCUT2D eigenvalue weighted by Crippen LogP contribution is -2.74. The highest BCUT2D eigenvalue weighted by molar-refractivity contribution is 5.95. The highest BCUT2D eigenvalue weighted by atomic mass is 16.5. The van der Waals surface area contributed by atoms with Crippen molar-refractivity contribution in [3.63, 3.8) is 0 Å². The van der Waals surface area contributed by atoms with E-state index in [1.54, 1.807) is 37.6 Å². The summed E-state index contributed by atoms with van der Waals surface area (Å²) in [5.41, 5.74) is 2.98. The molecule has 3 heterocycles. The van der Waals surface area contributed by atoms with E-state index in [9.17, 15) is 14.9 Å². The SMILES string of the molecule is COC(=O)c1ccc(N2CCN(CC3CCN(c4ccc(C(=O)NC5C(C)(C)C(Oc6ccc(C#N)c(OC)c6)C5(C)C)cc4)CC3)CC2)cn1. The fourth-order valence-corrected chi connectivity index (χ4v) is 8.54. The molecule has 1 saturated carbocycles. The summed E-state index contributed by atoms with van der Waals surface area (Å²) in [7, 11) is 2.91. The molecule has 1 amide bonds. The molecule has 1 N–H and O–H groups in total. The Morgan fingerprint density at radius 3 is 2.12 bits per heavy atom. The van der Waals surface area contributed by atoms with Crippen molar-refractivity contribution in [3.8, 4) is 17.6 Å². The second kappa shape index (κ2) is 14.8. The first kappa shape index (κ1) is 36.0. The number of benzene rings is 2. The molecule has 0 unspecified atom stereocenters. The lowest BCUT2D eigenvalue weighted by atomic mass is 9.49. The predicted octanol–water partition coefficient (Wildman–Crippen LogP) is 5.40. The highest BCUT2D eigenvalue weighted by Gasteiger charge is 2.64. The molecule has 270 valence electrons. The van der Waals surface area contributed by atoms with Crippen molar-refractivity contribution in [3.05, 3.63) is 77.6 Å². The van der Waals surface area contributed by atoms with Gasteiger partial charge in [0.15, 0.2) is 0 Å². The van der Waals surface area contributed by atoms with Crippen LogP contribution in [0, 0.1) is 28.1 Å². The van der Waals surface area contributed by atoms with Crippen LogP contribution in [0.15, 0.2) is 60.8 Å². The van der Waals surface area contributed by atoms with Gasteiger partial charge in [0.05, 0.1) is 31.7 Å². The topological polar surface area (TPSA) is 120 Å². The van der Waals surface area contributed by atoms with Gasteiger partial charge in [0.25, 0.3) is 5.91 Å². The number of methoxy groups -OCH3 is 2. The highest BCUT2D eigenvalue weighted by Crippen LogP contribution is 2.55. The van der Waals surface area contributed by atoms with Gasteiger partial charge >= 0.3 is 5.97 Å². The van der Waals surface area contributed by atoms with Crippen molar-refractivity contribution < 1.29 is 23.8 Å². The summed E-state index contributed by atoms with van der Waals surface area (Å²) in [5.74, 6) is 1.29. The van der Waals surface area contributed by atoms with Crippen LogP contribution in [0.2, 0.25) is 0 Å². The summed E-state index contributed by atoms with van der Waals surface area (Å²) in [5, 5.41) is 12.6. The van der Waals surface area contributed by atoms with Gasteiger partial charge in [-0.3, -0.25) is 9.69 Å². The molecule has 0 atom stereocenters. The van der Waals surface area contributed by atoms with Gasteiger partial charge in [-0.2, -0.15) is 5.26 Å². The van der Waals surface area contributed by atoms with Crippen LogP contribution in [0.5, 0.6) is 11.5 Å². The van der Waals surface area contributed by atoms with E-state index in [1.807, 2.05) is 18.2 Å². The molecule has 0 spiro atoms. The molecule has 3 aliphatic rings. The van der Waals surface area contributed by atoms with Crippen LogP contribution in [0.3, 0.4) is 0 Å². The number of pyridine rings is 1. The molecular weight excluding hydrogens is 644 g/mol. The van der Waals surface area contributed by atoms with E-state index in [0.29, 0.717) is 34.2 Å². The van der Waals surface area contributed by atoms with E-state index in [-0.39, 0.29) is 28.9 Å². The maximum absolute atomic E-state index is 13.5. The van der Waals surface area contributed by atoms with Crippen molar-refractivity contribution in [2.45, 2.75) is 52.7 Å². The zero-order chi connectivity index (χ0) is 36.3. The summed E-state index contributed by atoms with van der Waals surface area (Å²) in [4.78, 5) is 36.8. The zero-order valence-corrected chi connectivity index (χ0v) is 30.6. The Kier molecular flexibility index (Phi) is 10.4. The number of esters is 1. The number of nitrogens with zero attached hydrogens (tertiary/aromatic N) is 5. The van der Waals surface area contributed by atoms with Crippen LogP contribution in [0.4, 0.5) is 11.4 Å². The average molecular weight is 695 g/mol. The molecule has 1 aromatic heterocycles. The molecule has 0 radical (unpaired) electrons. The Morgan fingerprint density at radius 2 is 1.53 bits per heavy atom. The molecule has 2 aromatic carbocycles. The molecule has 11 heteroatoms. The summed E-state index contributed by atoms with van der Waals surface area (Å²) in [6, 6.07) is 19.0. The Labute approximate surface area is 301 Å². The lowest BCUT2D eigenvalue weighted by Gasteiger charge is -2.63. The van der Waals surface area contributed by atoms with Crippen LogP contribution in [0.1, 0.15) is 66.9 Å². The van der Waals surface area contributed by atoms with Crippen molar-refractivity contribution in [1.82, 2.24) is 15.2 Å². The largest absolute Gasteiger partial charge is 0.495 e. The van der Waals surface area contributed by atoms with Gasteiger partial charge < -0.3 is 29.3 Å². The Bertz CT molecular complexity index is 1720. The van der Waals surface area contributed by atoms with E-state index in [4.69, 9.17) is 14.2 Å². The molecule has 3 fully saturated rings. The molecule has 1 aliphatic carbocycles. The minimum absolute atomic E-state index is 0.0838. The zero-order valence-electron chi connectivity index (χ0n) is 30.6. The molecule has 3 aromatic rings. The molecular formula is C40H50N6O5. The smallest absolute Gasteiger partial charge is 0.356 e. The maximum Gasteiger partial charge on any atom is 0.356 e. The molecule has 2 saturated heterocycles. The van der Waals surface area contributed by atoms with E-state index in [0.717, 1.165) is 70.0 Å². The summed E-state index contributed by atoms with van der Waals surface area (Å²) >= 11 is 0. The Balaban J connectivity index is 0.957. The van der Waals surface area contributed by atoms with Crippen LogP contribution in [0.25, 0.3) is 0 Å². The Morgan fingerprint density at radius 1 is 0.882 bits per heavy atom. The van der Waals surface area contributed by atoms with Crippen LogP contribution in [-0.2, 0) is 4.74 Å². The van der Waals surface area contributed by atoms with Gasteiger partial charge in [-0.1, -0.05) is 27.7 Å². The lowest BCUT2D eigenvalue weighted by molar-refractivity contribution is -0.164. The number of rotatable bonds is 10. The molecule has 2 aliphatic heterocycles. The molecule has 51 heavy (non-hydrogen) atoms. The fourth-order valence-electron chi connectivity index (χ4n) is 8.54. The number of carbonyl (C=O) groups excluding carboxylic acids is 2. The van der Waals surface area contributed by atoms with Crippen molar-refractivity contribution >= 4 is 23.3 Å². The van der Waals surface area contributed by atoms with Crippen LogP contribution in [-0.4, -0.2) is 93.9 Å². The number of nitriles is 1. The predicted molar refractivity (Wildman–Crippen MR) is 197 cm³/mol. The molecule has 6 rings (SSSR count). The Hall–Kier alpha value is -4.82. The number of amides is 1. The first-order chi connectivity index (χ1) is 24.4. The monoisotopic (exact) mass is 694 g/mol. The summed E-state index contributed by atoms with van der Waals surface area (Å²) in [6.07, 6.45) is 3.90. The first-order valence-corrected chi connectivity index (χ1v) is 17.9. The van der Waals surface area contributed by atoms with E-state index >= 15 is 0 Å². The van der Waals surface area contributed by atoms with Crippen molar-refractivity contribution in [2.24, 2.45) is 16.7 Å². The number of aromatic nitrogens is 1. The number of anilines is 2. The minimum Gasteiger partial charge on any atom is -0.495 e. The summed E-state index contributed by atoms with van der Waals surface area (Å²) < 4.78 is 16.6. The van der Waals surface area contributed by atoms with Gasteiger partial charge in [-0.15, -0.1) is 0 Å². The van der Waals surface area contributed by atoms with Gasteiger partial charge in [0.1, 0.15) is 29.4 Å². The molecule has 0 bridgehead atoms. The summed E-state index contributed by atoms with van der Waals surface area (Å²) in [6.45, 7) is 15.5. The number of hydrogen-bond acceptors (Lipinski definition) is 10. The van der Waals surface area contributed by atoms with E-state index in [1.165, 1.54) is 7.11 Å². The van der Waals surface area contributed by atoms with Gasteiger partial charge in [0.2, 0.25) is 0 Å². The number of ether oxygens (including phenoxy) is 3. The number of hydrogen-bond donors (Lipinski definition) is 1. The number of piperidine rings is 1. The van der Waals surface area contributed by atoms with Crippen molar-refractivity contribution in [1.29, 1.82) is 5.26 Å². The van der Waals surface area contributed by atoms with Gasteiger partial charge in [0, 0.05) is 80.0 Å². The van der Waals surface area contributed by atoms with Crippen molar-refractivity contribution in [2.75, 3.05) is 69.8 Å². The maximum atomic E-state index is 13.5. The second-order valence-electron chi connectivity index (χ2n) is 15.2. The van der Waals surface area contributed by atoms with Gasteiger partial charge in [-0.25, -0.2) is 9.78 Å². The van der Waals surface area contributed by atoms with Gasteiger partial charge in [-0.05, 0) is 67.3 Å². The third-order valence-corrected chi connectivity index (χ3v) is 11.2. The van der Waals surface area contributed by atoms with E-state index < -0.39 is 5.97 Å². The van der Waals surface area contributed by atoms with E-state index in [2.05, 4.69) is 70.9 Å². The standard InChI is InChI=1S/C40H50N6O5/c1-39(2)37(40(3,4)38(39)51-32-13-9-29(24-41)34(23-32)49-5)43-35(47)28-7-10-30(11-8-28)45-17-15-27(16-18-45)26-44-19-21-46(22-20-44)31-12-14-33(42-25-31)36(48)50-6/h7-14,23,25,27,37-38H,15-22,26H2,1-6H3,(H,43,47). The molecule has 11 nitrogen and oxygen atoms in total. The quantitative estimate of drug-likeness (QED) is 0.277. The third kappa shape index (κ3) is 7.47. The third-order valence-electron chi connectivity index (χ3n) is 11.2.